The number of hydrogen-bond donors (Lipinski definition) is 1. The standard InChI is InChI=1S/C9H11NO3S2/c1-5-6(2-3-13-5)14-9-10-4-7(15-9)8(11)12/h4-6H,2-3H2,1H3,(H,11,12). The molecule has 2 heterocycles. The van der Waals surface area contributed by atoms with Crippen LogP contribution in [-0.2, 0) is 4.74 Å². The first-order valence-corrected chi connectivity index (χ1v) is 6.34. The van der Waals surface area contributed by atoms with E-state index in [0.29, 0.717) is 10.1 Å². The van der Waals surface area contributed by atoms with Crippen LogP contribution in [0, 0.1) is 0 Å². The van der Waals surface area contributed by atoms with Crippen LogP contribution in [0.25, 0.3) is 0 Å². The minimum absolute atomic E-state index is 0.229. The summed E-state index contributed by atoms with van der Waals surface area (Å²) in [6.07, 6.45) is 2.65. The summed E-state index contributed by atoms with van der Waals surface area (Å²) in [5, 5.41) is 9.15. The molecule has 82 valence electrons. The number of ether oxygens (including phenoxy) is 1. The number of thiazole rings is 1. The van der Waals surface area contributed by atoms with Crippen LogP contribution in [0.15, 0.2) is 10.5 Å². The summed E-state index contributed by atoms with van der Waals surface area (Å²) in [5.74, 6) is -0.907. The molecular formula is C9H11NO3S2. The number of hydrogen-bond acceptors (Lipinski definition) is 5. The molecule has 0 aliphatic carbocycles. The highest BCUT2D eigenvalue weighted by Crippen LogP contribution is 2.34. The second kappa shape index (κ2) is 4.51. The lowest BCUT2D eigenvalue weighted by molar-refractivity contribution is 0.0702. The highest BCUT2D eigenvalue weighted by molar-refractivity contribution is 8.01. The first-order chi connectivity index (χ1) is 7.16. The second-order valence-corrected chi connectivity index (χ2v) is 5.83. The Kier molecular flexibility index (Phi) is 3.28. The van der Waals surface area contributed by atoms with Gasteiger partial charge in [0, 0.05) is 11.9 Å². The van der Waals surface area contributed by atoms with Crippen molar-refractivity contribution in [2.75, 3.05) is 6.61 Å². The van der Waals surface area contributed by atoms with E-state index in [1.54, 1.807) is 11.8 Å². The van der Waals surface area contributed by atoms with Gasteiger partial charge in [-0.25, -0.2) is 9.78 Å². The lowest BCUT2D eigenvalue weighted by Crippen LogP contribution is -2.12. The summed E-state index contributed by atoms with van der Waals surface area (Å²) in [6, 6.07) is 0. The van der Waals surface area contributed by atoms with Gasteiger partial charge in [0.2, 0.25) is 0 Å². The molecule has 0 radical (unpaired) electrons. The van der Waals surface area contributed by atoms with Gasteiger partial charge in [-0.15, -0.1) is 11.3 Å². The number of rotatable bonds is 3. The molecule has 1 aromatic heterocycles. The van der Waals surface area contributed by atoms with Crippen molar-refractivity contribution in [1.29, 1.82) is 0 Å². The number of carboxylic acids is 1. The van der Waals surface area contributed by atoms with Crippen molar-refractivity contribution in [2.24, 2.45) is 0 Å². The maximum atomic E-state index is 10.7. The topological polar surface area (TPSA) is 59.4 Å². The van der Waals surface area contributed by atoms with E-state index in [4.69, 9.17) is 9.84 Å². The van der Waals surface area contributed by atoms with E-state index in [-0.39, 0.29) is 6.10 Å². The summed E-state index contributed by atoms with van der Waals surface area (Å²) in [7, 11) is 0. The van der Waals surface area contributed by atoms with E-state index in [9.17, 15) is 4.79 Å². The Hall–Kier alpha value is -0.590. The molecule has 4 nitrogen and oxygen atoms in total. The Balaban J connectivity index is 2.01. The van der Waals surface area contributed by atoms with Gasteiger partial charge in [-0.3, -0.25) is 0 Å². The van der Waals surface area contributed by atoms with Crippen molar-refractivity contribution >= 4 is 29.1 Å². The molecule has 1 aliphatic rings. The Labute approximate surface area is 95.7 Å². The Bertz CT molecular complexity index is 366. The van der Waals surface area contributed by atoms with Crippen LogP contribution >= 0.6 is 23.1 Å². The summed E-state index contributed by atoms with van der Waals surface area (Å²) in [6.45, 7) is 2.83. The molecule has 1 aromatic rings. The smallest absolute Gasteiger partial charge is 0.347 e. The number of aromatic carboxylic acids is 1. The van der Waals surface area contributed by atoms with E-state index in [0.717, 1.165) is 17.4 Å². The van der Waals surface area contributed by atoms with Crippen LogP contribution in [0.4, 0.5) is 0 Å². The molecule has 2 rings (SSSR count). The first-order valence-electron chi connectivity index (χ1n) is 4.64. The quantitative estimate of drug-likeness (QED) is 0.883. The maximum Gasteiger partial charge on any atom is 0.347 e. The lowest BCUT2D eigenvalue weighted by Gasteiger charge is -2.10. The van der Waals surface area contributed by atoms with Gasteiger partial charge < -0.3 is 9.84 Å². The molecule has 1 fully saturated rings. The molecular weight excluding hydrogens is 234 g/mol. The molecule has 1 N–H and O–H groups in total. The average molecular weight is 245 g/mol. The number of carbonyl (C=O) groups is 1. The molecule has 0 aromatic carbocycles. The number of nitrogens with zero attached hydrogens (tertiary/aromatic N) is 1. The molecule has 0 spiro atoms. The zero-order valence-electron chi connectivity index (χ0n) is 8.17. The normalized spacial score (nSPS) is 25.7. The van der Waals surface area contributed by atoms with Gasteiger partial charge in [-0.2, -0.15) is 0 Å². The van der Waals surface area contributed by atoms with Crippen LogP contribution < -0.4 is 0 Å². The molecule has 2 unspecified atom stereocenters. The summed E-state index contributed by atoms with van der Waals surface area (Å²) >= 11 is 2.84. The second-order valence-electron chi connectivity index (χ2n) is 3.32. The Morgan fingerprint density at radius 2 is 2.60 bits per heavy atom. The highest BCUT2D eigenvalue weighted by atomic mass is 32.2. The van der Waals surface area contributed by atoms with Gasteiger partial charge >= 0.3 is 5.97 Å². The third kappa shape index (κ3) is 2.50. The Morgan fingerprint density at radius 1 is 1.80 bits per heavy atom. The predicted octanol–water partition coefficient (Wildman–Crippen LogP) is 2.11. The first kappa shape index (κ1) is 10.9. The number of aromatic nitrogens is 1. The van der Waals surface area contributed by atoms with E-state index in [1.807, 2.05) is 6.92 Å². The Morgan fingerprint density at radius 3 is 3.13 bits per heavy atom. The van der Waals surface area contributed by atoms with Gasteiger partial charge in [0.15, 0.2) is 4.34 Å². The zero-order valence-corrected chi connectivity index (χ0v) is 9.81. The molecule has 0 saturated carbocycles. The third-order valence-corrected chi connectivity index (χ3v) is 4.80. The van der Waals surface area contributed by atoms with E-state index in [1.165, 1.54) is 17.5 Å². The monoisotopic (exact) mass is 245 g/mol. The number of thioether (sulfide) groups is 1. The van der Waals surface area contributed by atoms with Gasteiger partial charge in [-0.05, 0) is 13.3 Å². The molecule has 6 heteroatoms. The average Bonchev–Trinajstić information content (AvgIpc) is 2.77. The SMILES string of the molecule is CC1OCCC1Sc1ncc(C(=O)O)s1. The minimum Gasteiger partial charge on any atom is -0.477 e. The summed E-state index contributed by atoms with van der Waals surface area (Å²) < 4.78 is 6.25. The van der Waals surface area contributed by atoms with Crippen molar-refractivity contribution in [3.63, 3.8) is 0 Å². The summed E-state index contributed by atoms with van der Waals surface area (Å²) in [5.41, 5.74) is 0. The van der Waals surface area contributed by atoms with E-state index < -0.39 is 5.97 Å². The van der Waals surface area contributed by atoms with Crippen molar-refractivity contribution in [1.82, 2.24) is 4.98 Å². The van der Waals surface area contributed by atoms with Gasteiger partial charge in [0.1, 0.15) is 4.88 Å². The van der Waals surface area contributed by atoms with Crippen LogP contribution in [-0.4, -0.2) is 34.0 Å². The van der Waals surface area contributed by atoms with Crippen LogP contribution in [0.5, 0.6) is 0 Å². The van der Waals surface area contributed by atoms with Gasteiger partial charge in [-0.1, -0.05) is 11.8 Å². The predicted molar refractivity (Wildman–Crippen MR) is 58.7 cm³/mol. The zero-order chi connectivity index (χ0) is 10.8. The van der Waals surface area contributed by atoms with Crippen molar-refractivity contribution in [3.8, 4) is 0 Å². The van der Waals surface area contributed by atoms with E-state index in [2.05, 4.69) is 4.98 Å². The summed E-state index contributed by atoms with van der Waals surface area (Å²) in [4.78, 5) is 15.0. The molecule has 0 bridgehead atoms. The third-order valence-electron chi connectivity index (χ3n) is 2.25. The van der Waals surface area contributed by atoms with Crippen LogP contribution in [0.1, 0.15) is 23.0 Å². The number of carboxylic acid groups (broad SMARTS) is 1. The molecule has 1 aliphatic heterocycles. The van der Waals surface area contributed by atoms with E-state index >= 15 is 0 Å². The van der Waals surface area contributed by atoms with Crippen molar-refractivity contribution < 1.29 is 14.6 Å². The van der Waals surface area contributed by atoms with Crippen molar-refractivity contribution in [2.45, 2.75) is 29.0 Å². The van der Waals surface area contributed by atoms with Crippen LogP contribution in [0.2, 0.25) is 0 Å². The fourth-order valence-corrected chi connectivity index (χ4v) is 3.58. The maximum absolute atomic E-state index is 10.7. The highest BCUT2D eigenvalue weighted by Gasteiger charge is 2.26. The fourth-order valence-electron chi connectivity index (χ4n) is 1.41. The fraction of sp³-hybridized carbons (Fsp3) is 0.556. The largest absolute Gasteiger partial charge is 0.477 e. The molecule has 2 atom stereocenters. The molecule has 15 heavy (non-hydrogen) atoms. The van der Waals surface area contributed by atoms with Crippen molar-refractivity contribution in [3.05, 3.63) is 11.1 Å². The molecule has 1 saturated heterocycles. The lowest BCUT2D eigenvalue weighted by atomic mass is 10.3. The van der Waals surface area contributed by atoms with Gasteiger partial charge in [0.25, 0.3) is 0 Å². The molecule has 0 amide bonds. The minimum atomic E-state index is -0.907. The van der Waals surface area contributed by atoms with Crippen LogP contribution in [0.3, 0.4) is 0 Å². The van der Waals surface area contributed by atoms with Gasteiger partial charge in [0.05, 0.1) is 12.3 Å².